The average molecular weight is 390 g/mol. The summed E-state index contributed by atoms with van der Waals surface area (Å²) in [5.74, 6) is -3.76. The molecule has 0 spiro atoms. The number of hydrogen-bond donors (Lipinski definition) is 0. The van der Waals surface area contributed by atoms with Gasteiger partial charge in [-0.25, -0.2) is 13.2 Å². The van der Waals surface area contributed by atoms with Crippen molar-refractivity contribution in [3.63, 3.8) is 0 Å². The van der Waals surface area contributed by atoms with E-state index in [0.717, 1.165) is 37.8 Å². The number of rotatable bonds is 3. The van der Waals surface area contributed by atoms with Crippen molar-refractivity contribution < 1.29 is 31.1 Å². The SMILES string of the molecule is CC1CCC(C2=CC(F)C(c3ccc(OC(F)(F)F)c(F)c3)C(F)=C2)CC1. The molecule has 0 saturated heterocycles. The smallest absolute Gasteiger partial charge is 0.403 e. The van der Waals surface area contributed by atoms with Gasteiger partial charge in [0.25, 0.3) is 0 Å². The molecule has 0 amide bonds. The van der Waals surface area contributed by atoms with E-state index in [0.29, 0.717) is 17.6 Å². The van der Waals surface area contributed by atoms with Crippen LogP contribution in [0.25, 0.3) is 0 Å². The van der Waals surface area contributed by atoms with E-state index in [9.17, 15) is 26.3 Å². The molecule has 1 nitrogen and oxygen atoms in total. The summed E-state index contributed by atoms with van der Waals surface area (Å²) in [6.45, 7) is 2.15. The second-order valence-electron chi connectivity index (χ2n) is 7.31. The minimum atomic E-state index is -5.05. The highest BCUT2D eigenvalue weighted by molar-refractivity contribution is 5.42. The van der Waals surface area contributed by atoms with Crippen LogP contribution in [0.5, 0.6) is 5.75 Å². The molecule has 2 atom stereocenters. The standard InChI is InChI=1S/C20H20F6O/c1-11-2-4-12(5-3-11)14-9-16(22)19(17(23)10-14)13-6-7-18(15(21)8-13)27-20(24,25)26/h6-12,16,19H,2-5H2,1H3. The third-order valence-electron chi connectivity index (χ3n) is 5.30. The Morgan fingerprint density at radius 1 is 1.04 bits per heavy atom. The Morgan fingerprint density at radius 2 is 1.70 bits per heavy atom. The van der Waals surface area contributed by atoms with Crippen molar-refractivity contribution in [2.75, 3.05) is 0 Å². The quantitative estimate of drug-likeness (QED) is 0.518. The van der Waals surface area contributed by atoms with Crippen molar-refractivity contribution in [2.24, 2.45) is 11.8 Å². The summed E-state index contributed by atoms with van der Waals surface area (Å²) in [6.07, 6.45) is -0.369. The van der Waals surface area contributed by atoms with Crippen LogP contribution in [-0.4, -0.2) is 12.5 Å². The molecule has 2 aliphatic rings. The maximum absolute atomic E-state index is 14.7. The minimum absolute atomic E-state index is 0.0733. The van der Waals surface area contributed by atoms with Crippen molar-refractivity contribution in [3.05, 3.63) is 53.1 Å². The van der Waals surface area contributed by atoms with Gasteiger partial charge < -0.3 is 4.74 Å². The van der Waals surface area contributed by atoms with Gasteiger partial charge in [0.2, 0.25) is 0 Å². The predicted molar refractivity (Wildman–Crippen MR) is 89.1 cm³/mol. The second-order valence-corrected chi connectivity index (χ2v) is 7.31. The van der Waals surface area contributed by atoms with Gasteiger partial charge in [0.15, 0.2) is 11.6 Å². The molecule has 3 rings (SSSR count). The van der Waals surface area contributed by atoms with Gasteiger partial charge in [-0.05, 0) is 60.1 Å². The number of benzene rings is 1. The molecule has 2 aliphatic carbocycles. The molecule has 1 aromatic carbocycles. The molecule has 2 unspecified atom stereocenters. The first-order chi connectivity index (χ1) is 12.6. The van der Waals surface area contributed by atoms with Gasteiger partial charge in [0.1, 0.15) is 12.0 Å². The number of hydrogen-bond acceptors (Lipinski definition) is 1. The summed E-state index contributed by atoms with van der Waals surface area (Å²) in [5.41, 5.74) is 0.538. The van der Waals surface area contributed by atoms with E-state index < -0.39 is 35.8 Å². The van der Waals surface area contributed by atoms with E-state index >= 15 is 0 Å². The maximum atomic E-state index is 14.7. The summed E-state index contributed by atoms with van der Waals surface area (Å²) in [7, 11) is 0. The van der Waals surface area contributed by atoms with Gasteiger partial charge in [-0.1, -0.05) is 25.8 Å². The molecule has 7 heteroatoms. The van der Waals surface area contributed by atoms with Crippen LogP contribution in [0.15, 0.2) is 41.8 Å². The Hall–Kier alpha value is -1.92. The maximum Gasteiger partial charge on any atom is 0.573 e. The lowest BCUT2D eigenvalue weighted by molar-refractivity contribution is -0.275. The summed E-state index contributed by atoms with van der Waals surface area (Å²) in [6, 6.07) is 2.47. The van der Waals surface area contributed by atoms with Gasteiger partial charge in [0.05, 0.1) is 5.92 Å². The summed E-state index contributed by atoms with van der Waals surface area (Å²) >= 11 is 0. The van der Waals surface area contributed by atoms with Crippen molar-refractivity contribution in [1.82, 2.24) is 0 Å². The van der Waals surface area contributed by atoms with E-state index in [2.05, 4.69) is 11.7 Å². The lowest BCUT2D eigenvalue weighted by Crippen LogP contribution is -2.22. The highest BCUT2D eigenvalue weighted by atomic mass is 19.4. The van der Waals surface area contributed by atoms with Crippen LogP contribution in [-0.2, 0) is 0 Å². The van der Waals surface area contributed by atoms with Crippen molar-refractivity contribution in [1.29, 1.82) is 0 Å². The number of ether oxygens (including phenoxy) is 1. The van der Waals surface area contributed by atoms with Gasteiger partial charge >= 0.3 is 6.36 Å². The van der Waals surface area contributed by atoms with E-state index in [1.165, 1.54) is 12.2 Å². The molecule has 27 heavy (non-hydrogen) atoms. The normalized spacial score (nSPS) is 29.1. The zero-order chi connectivity index (χ0) is 19.8. The Bertz CT molecular complexity index is 743. The van der Waals surface area contributed by atoms with Crippen molar-refractivity contribution in [3.8, 4) is 5.75 Å². The third-order valence-corrected chi connectivity index (χ3v) is 5.30. The van der Waals surface area contributed by atoms with E-state index in [1.54, 1.807) is 0 Å². The summed E-state index contributed by atoms with van der Waals surface area (Å²) in [4.78, 5) is 0. The predicted octanol–water partition coefficient (Wildman–Crippen LogP) is 6.77. The molecule has 0 bridgehead atoms. The molecule has 0 heterocycles. The fourth-order valence-electron chi connectivity index (χ4n) is 3.84. The first kappa shape index (κ1) is 19.8. The van der Waals surface area contributed by atoms with Crippen molar-refractivity contribution in [2.45, 2.75) is 51.1 Å². The molecular weight excluding hydrogens is 370 g/mol. The fraction of sp³-hybridized carbons (Fsp3) is 0.500. The molecule has 0 aliphatic heterocycles. The fourth-order valence-corrected chi connectivity index (χ4v) is 3.84. The molecular formula is C20H20F6O. The van der Waals surface area contributed by atoms with Crippen LogP contribution in [0, 0.1) is 17.7 Å². The zero-order valence-electron chi connectivity index (χ0n) is 14.7. The summed E-state index contributed by atoms with van der Waals surface area (Å²) in [5, 5.41) is 0. The largest absolute Gasteiger partial charge is 0.573 e. The summed E-state index contributed by atoms with van der Waals surface area (Å²) < 4.78 is 83.4. The second kappa shape index (κ2) is 7.60. The molecule has 0 N–H and O–H groups in total. The van der Waals surface area contributed by atoms with Crippen LogP contribution in [0.2, 0.25) is 0 Å². The Balaban J connectivity index is 1.79. The molecule has 1 aromatic rings. The van der Waals surface area contributed by atoms with Crippen LogP contribution < -0.4 is 4.74 Å². The highest BCUT2D eigenvalue weighted by Gasteiger charge is 2.35. The van der Waals surface area contributed by atoms with E-state index in [1.807, 2.05) is 0 Å². The molecule has 148 valence electrons. The molecule has 0 aromatic heterocycles. The molecule has 0 radical (unpaired) electrons. The lowest BCUT2D eigenvalue weighted by atomic mass is 9.76. The topological polar surface area (TPSA) is 9.23 Å². The van der Waals surface area contributed by atoms with Crippen LogP contribution >= 0.6 is 0 Å². The molecule has 1 fully saturated rings. The average Bonchev–Trinajstić information content (AvgIpc) is 2.56. The zero-order valence-corrected chi connectivity index (χ0v) is 14.7. The van der Waals surface area contributed by atoms with Gasteiger partial charge in [-0.15, -0.1) is 13.2 Å². The third kappa shape index (κ3) is 4.68. The van der Waals surface area contributed by atoms with Crippen LogP contribution in [0.1, 0.15) is 44.1 Å². The number of allylic oxidation sites excluding steroid dienone is 4. The first-order valence-electron chi connectivity index (χ1n) is 8.92. The Kier molecular flexibility index (Phi) is 5.58. The Morgan fingerprint density at radius 3 is 2.26 bits per heavy atom. The minimum Gasteiger partial charge on any atom is -0.403 e. The number of alkyl halides is 4. The Labute approximate surface area is 153 Å². The number of halogens is 6. The first-order valence-corrected chi connectivity index (χ1v) is 8.92. The monoisotopic (exact) mass is 390 g/mol. The van der Waals surface area contributed by atoms with Crippen molar-refractivity contribution >= 4 is 0 Å². The van der Waals surface area contributed by atoms with Gasteiger partial charge in [-0.2, -0.15) is 0 Å². The van der Waals surface area contributed by atoms with E-state index in [4.69, 9.17) is 0 Å². The van der Waals surface area contributed by atoms with Crippen LogP contribution in [0.4, 0.5) is 26.3 Å². The van der Waals surface area contributed by atoms with Gasteiger partial charge in [0, 0.05) is 0 Å². The van der Waals surface area contributed by atoms with Gasteiger partial charge in [-0.3, -0.25) is 0 Å². The lowest BCUT2D eigenvalue weighted by Gasteiger charge is -2.30. The van der Waals surface area contributed by atoms with E-state index in [-0.39, 0.29) is 11.5 Å². The highest BCUT2D eigenvalue weighted by Crippen LogP contribution is 2.42. The van der Waals surface area contributed by atoms with Crippen LogP contribution in [0.3, 0.4) is 0 Å². The molecule has 1 saturated carbocycles.